The largest absolute Gasteiger partial charge is 0.495 e. The molecule has 2 unspecified atom stereocenters. The molecule has 6 nitrogen and oxygen atoms in total. The lowest BCUT2D eigenvalue weighted by molar-refractivity contribution is 0.0722. The first-order chi connectivity index (χ1) is 13.5. The van der Waals surface area contributed by atoms with Crippen LogP contribution in [0.25, 0.3) is 0 Å². The number of aromatic nitrogens is 2. The van der Waals surface area contributed by atoms with Gasteiger partial charge in [-0.3, -0.25) is 19.2 Å². The van der Waals surface area contributed by atoms with Crippen LogP contribution in [0.5, 0.6) is 5.75 Å². The maximum absolute atomic E-state index is 13.1. The van der Waals surface area contributed by atoms with Crippen LogP contribution in [0.4, 0.5) is 11.6 Å². The molecule has 2 aliphatic rings. The van der Waals surface area contributed by atoms with Crippen molar-refractivity contribution < 1.29 is 4.74 Å². The number of benzene rings is 1. The third-order valence-electron chi connectivity index (χ3n) is 6.42. The van der Waals surface area contributed by atoms with Crippen molar-refractivity contribution >= 4 is 11.6 Å². The van der Waals surface area contributed by atoms with E-state index in [1.54, 1.807) is 7.11 Å². The first-order valence-corrected chi connectivity index (χ1v) is 10.2. The molecule has 2 heterocycles. The van der Waals surface area contributed by atoms with Gasteiger partial charge >= 0.3 is 0 Å². The highest BCUT2D eigenvalue weighted by Crippen LogP contribution is 2.37. The molecule has 1 fully saturated rings. The van der Waals surface area contributed by atoms with Gasteiger partial charge < -0.3 is 4.74 Å². The molecule has 150 valence electrons. The molecule has 2 atom stereocenters. The molecule has 0 saturated heterocycles. The number of nitrogens with zero attached hydrogens (tertiary/aromatic N) is 4. The topological polar surface area (TPSA) is 50.6 Å². The van der Waals surface area contributed by atoms with Crippen molar-refractivity contribution in [2.45, 2.75) is 59.2 Å². The summed E-state index contributed by atoms with van der Waals surface area (Å²) >= 11 is 0. The van der Waals surface area contributed by atoms with Crippen LogP contribution in [0.15, 0.2) is 29.1 Å². The molecule has 4 rings (SSSR count). The summed E-state index contributed by atoms with van der Waals surface area (Å²) in [5.41, 5.74) is 2.51. The first-order valence-electron chi connectivity index (χ1n) is 10.2. The fourth-order valence-electron chi connectivity index (χ4n) is 4.63. The van der Waals surface area contributed by atoms with E-state index in [9.17, 15) is 4.79 Å². The van der Waals surface area contributed by atoms with Gasteiger partial charge in [-0.2, -0.15) is 0 Å². The second-order valence-electron chi connectivity index (χ2n) is 8.16. The van der Waals surface area contributed by atoms with Crippen LogP contribution in [0.3, 0.4) is 0 Å². The Morgan fingerprint density at radius 2 is 1.86 bits per heavy atom. The lowest BCUT2D eigenvalue weighted by Crippen LogP contribution is -2.53. The molecule has 0 N–H and O–H groups in total. The van der Waals surface area contributed by atoms with Gasteiger partial charge in [-0.25, -0.2) is 4.98 Å². The van der Waals surface area contributed by atoms with E-state index in [1.165, 1.54) is 25.7 Å². The minimum absolute atomic E-state index is 0.0514. The normalized spacial score (nSPS) is 22.8. The van der Waals surface area contributed by atoms with E-state index in [0.717, 1.165) is 22.7 Å². The minimum Gasteiger partial charge on any atom is -0.495 e. The molecule has 6 heteroatoms. The highest BCUT2D eigenvalue weighted by Gasteiger charge is 2.35. The molecule has 1 aliphatic heterocycles. The number of hydrogen-bond donors (Lipinski definition) is 0. The summed E-state index contributed by atoms with van der Waals surface area (Å²) in [6.07, 6.45) is 5.00. The number of rotatable bonds is 3. The number of hydrogen-bond acceptors (Lipinski definition) is 5. The van der Waals surface area contributed by atoms with Gasteiger partial charge in [-0.1, -0.05) is 31.9 Å². The Kier molecular flexibility index (Phi) is 5.15. The molecule has 1 aromatic carbocycles. The molecule has 0 radical (unpaired) electrons. The maximum atomic E-state index is 13.1. The Labute approximate surface area is 166 Å². The van der Waals surface area contributed by atoms with Crippen LogP contribution in [0.2, 0.25) is 0 Å². The average Bonchev–Trinajstić information content (AvgIpc) is 2.72. The Bertz CT molecular complexity index is 923. The van der Waals surface area contributed by atoms with E-state index in [1.807, 2.05) is 42.7 Å². The fourth-order valence-corrected chi connectivity index (χ4v) is 4.63. The minimum atomic E-state index is 0.0514. The highest BCUT2D eigenvalue weighted by molar-refractivity contribution is 5.66. The summed E-state index contributed by atoms with van der Waals surface area (Å²) in [6.45, 7) is 7.43. The monoisotopic (exact) mass is 382 g/mol. The number of anilines is 2. The molecular weight excluding hydrogens is 352 g/mol. The molecule has 2 aromatic rings. The van der Waals surface area contributed by atoms with Crippen LogP contribution in [0.1, 0.15) is 43.9 Å². The van der Waals surface area contributed by atoms with Crippen molar-refractivity contribution in [1.82, 2.24) is 14.5 Å². The zero-order valence-electron chi connectivity index (χ0n) is 17.3. The Morgan fingerprint density at radius 1 is 1.11 bits per heavy atom. The number of aryl methyl sites for hydroxylation is 1. The molecule has 0 spiro atoms. The van der Waals surface area contributed by atoms with E-state index < -0.39 is 0 Å². The quantitative estimate of drug-likeness (QED) is 0.808. The number of methoxy groups -OCH3 is 1. The van der Waals surface area contributed by atoms with Crippen molar-refractivity contribution in [3.63, 3.8) is 0 Å². The third kappa shape index (κ3) is 3.20. The van der Waals surface area contributed by atoms with Gasteiger partial charge in [0.1, 0.15) is 5.75 Å². The summed E-state index contributed by atoms with van der Waals surface area (Å²) < 4.78 is 7.46. The van der Waals surface area contributed by atoms with E-state index in [2.05, 4.69) is 16.7 Å². The van der Waals surface area contributed by atoms with Gasteiger partial charge in [0, 0.05) is 17.3 Å². The Morgan fingerprint density at radius 3 is 2.61 bits per heavy atom. The van der Waals surface area contributed by atoms with Crippen molar-refractivity contribution in [2.24, 2.45) is 5.92 Å². The zero-order valence-corrected chi connectivity index (χ0v) is 17.3. The van der Waals surface area contributed by atoms with Gasteiger partial charge in [-0.05, 0) is 44.7 Å². The van der Waals surface area contributed by atoms with Crippen molar-refractivity contribution in [3.05, 3.63) is 45.9 Å². The second-order valence-corrected chi connectivity index (χ2v) is 8.16. The lowest BCUT2D eigenvalue weighted by Gasteiger charge is -2.45. The zero-order chi connectivity index (χ0) is 19.8. The Hall–Kier alpha value is -2.34. The smallest absolute Gasteiger partial charge is 0.259 e. The molecule has 1 saturated carbocycles. The standard InChI is InChI=1S/C22H30N4O2/c1-15-9-5-6-10-18(15)24-13-25(19-11-7-8-12-20(19)28-4)22-23-17(3)16(2)21(27)26(22)14-24/h7-8,11-12,15,18H,5-6,9-10,13-14H2,1-4H3. The first kappa shape index (κ1) is 19.0. The van der Waals surface area contributed by atoms with Crippen molar-refractivity contribution in [3.8, 4) is 5.75 Å². The SMILES string of the molecule is COc1ccccc1N1CN(C2CCCCC2C)Cn2c1nc(C)c(C)c2=O. The molecule has 0 bridgehead atoms. The Balaban J connectivity index is 1.84. The van der Waals surface area contributed by atoms with Gasteiger partial charge in [0.25, 0.3) is 5.56 Å². The van der Waals surface area contributed by atoms with E-state index >= 15 is 0 Å². The van der Waals surface area contributed by atoms with E-state index in [0.29, 0.717) is 31.2 Å². The van der Waals surface area contributed by atoms with Gasteiger partial charge in [0.15, 0.2) is 0 Å². The summed E-state index contributed by atoms with van der Waals surface area (Å²) in [5.74, 6) is 2.13. The van der Waals surface area contributed by atoms with Crippen LogP contribution in [0, 0.1) is 19.8 Å². The van der Waals surface area contributed by atoms with Crippen molar-refractivity contribution in [2.75, 3.05) is 18.7 Å². The molecular formula is C22H30N4O2. The fraction of sp³-hybridized carbons (Fsp3) is 0.545. The maximum Gasteiger partial charge on any atom is 0.259 e. The average molecular weight is 383 g/mol. The summed E-state index contributed by atoms with van der Waals surface area (Å²) in [6, 6.07) is 8.45. The van der Waals surface area contributed by atoms with Crippen molar-refractivity contribution in [1.29, 1.82) is 0 Å². The van der Waals surface area contributed by atoms with Gasteiger partial charge in [0.05, 0.1) is 26.1 Å². The van der Waals surface area contributed by atoms with Crippen LogP contribution in [-0.4, -0.2) is 34.3 Å². The molecule has 1 aromatic heterocycles. The lowest BCUT2D eigenvalue weighted by atomic mass is 9.85. The molecule has 0 amide bonds. The summed E-state index contributed by atoms with van der Waals surface area (Å²) in [5, 5.41) is 0. The van der Waals surface area contributed by atoms with Gasteiger partial charge in [0.2, 0.25) is 5.95 Å². The molecule has 28 heavy (non-hydrogen) atoms. The highest BCUT2D eigenvalue weighted by atomic mass is 16.5. The van der Waals surface area contributed by atoms with Crippen LogP contribution in [-0.2, 0) is 6.67 Å². The third-order valence-corrected chi connectivity index (χ3v) is 6.42. The van der Waals surface area contributed by atoms with Crippen LogP contribution >= 0.6 is 0 Å². The summed E-state index contributed by atoms with van der Waals surface area (Å²) in [4.78, 5) is 22.5. The van der Waals surface area contributed by atoms with E-state index in [-0.39, 0.29) is 5.56 Å². The molecule has 1 aliphatic carbocycles. The predicted octanol–water partition coefficient (Wildman–Crippen LogP) is 3.82. The number of ether oxygens (including phenoxy) is 1. The van der Waals surface area contributed by atoms with Crippen LogP contribution < -0.4 is 15.2 Å². The second kappa shape index (κ2) is 7.59. The van der Waals surface area contributed by atoms with Gasteiger partial charge in [-0.15, -0.1) is 0 Å². The number of fused-ring (bicyclic) bond motifs is 1. The predicted molar refractivity (Wildman–Crippen MR) is 111 cm³/mol. The van der Waals surface area contributed by atoms with E-state index in [4.69, 9.17) is 9.72 Å². The summed E-state index contributed by atoms with van der Waals surface area (Å²) in [7, 11) is 1.69. The number of para-hydroxylation sites is 2.